The van der Waals surface area contributed by atoms with Crippen LogP contribution in [0.1, 0.15) is 18.4 Å². The van der Waals surface area contributed by atoms with Crippen LogP contribution in [0.2, 0.25) is 0 Å². The van der Waals surface area contributed by atoms with E-state index in [9.17, 15) is 0 Å². The van der Waals surface area contributed by atoms with Gasteiger partial charge in [-0.05, 0) is 18.1 Å². The van der Waals surface area contributed by atoms with Crippen LogP contribution >= 0.6 is 11.6 Å². The van der Waals surface area contributed by atoms with Crippen LogP contribution in [-0.4, -0.2) is 10.9 Å². The van der Waals surface area contributed by atoms with E-state index in [4.69, 9.17) is 11.6 Å². The average molecular weight is 194 g/mol. The maximum atomic E-state index is 5.52. The number of pyridine rings is 1. The highest BCUT2D eigenvalue weighted by molar-refractivity contribution is 6.17. The quantitative estimate of drug-likeness (QED) is 0.409. The summed E-state index contributed by atoms with van der Waals surface area (Å²) in [6.07, 6.45) is 6.27. The van der Waals surface area contributed by atoms with Gasteiger partial charge in [0.25, 0.3) is 0 Å². The lowest BCUT2D eigenvalue weighted by Crippen LogP contribution is -1.81. The Bertz CT molecular complexity index is 284. The minimum Gasteiger partial charge on any atom is -0.264 e. The van der Waals surface area contributed by atoms with E-state index in [1.165, 1.54) is 5.56 Å². The number of unbranched alkanes of at least 4 members (excludes halogenated alkanes) is 1. The molecule has 1 rings (SSSR count). The van der Waals surface area contributed by atoms with Crippen molar-refractivity contribution in [2.24, 2.45) is 0 Å². The van der Waals surface area contributed by atoms with Crippen molar-refractivity contribution < 1.29 is 0 Å². The molecule has 0 bridgehead atoms. The molecule has 0 unspecified atom stereocenters. The third-order valence-electron chi connectivity index (χ3n) is 1.58. The number of alkyl halides is 1. The Morgan fingerprint density at radius 2 is 2.31 bits per heavy atom. The molecule has 0 saturated heterocycles. The topological polar surface area (TPSA) is 12.9 Å². The van der Waals surface area contributed by atoms with Gasteiger partial charge in [-0.1, -0.05) is 12.0 Å². The first-order valence-corrected chi connectivity index (χ1v) is 4.87. The zero-order valence-electron chi connectivity index (χ0n) is 7.46. The number of halogens is 1. The van der Waals surface area contributed by atoms with Crippen LogP contribution in [-0.2, 0) is 6.42 Å². The molecule has 0 aliphatic rings. The molecule has 0 radical (unpaired) electrons. The predicted octanol–water partition coefficient (Wildman–Crippen LogP) is 2.65. The molecule has 0 N–H and O–H groups in total. The summed E-state index contributed by atoms with van der Waals surface area (Å²) in [5.74, 6) is 6.86. The molecule has 0 saturated carbocycles. The van der Waals surface area contributed by atoms with Gasteiger partial charge in [0.2, 0.25) is 0 Å². The Hall–Kier alpha value is -1.00. The Balaban J connectivity index is 2.29. The van der Waals surface area contributed by atoms with Gasteiger partial charge in [-0.25, -0.2) is 0 Å². The Kier molecular flexibility index (Phi) is 5.05. The second-order valence-electron chi connectivity index (χ2n) is 2.68. The minimum atomic E-state index is 0.696. The van der Waals surface area contributed by atoms with Crippen molar-refractivity contribution in [3.05, 3.63) is 30.1 Å². The van der Waals surface area contributed by atoms with Gasteiger partial charge in [-0.2, -0.15) is 0 Å². The van der Waals surface area contributed by atoms with Crippen molar-refractivity contribution in [3.63, 3.8) is 0 Å². The van der Waals surface area contributed by atoms with Gasteiger partial charge in [0.15, 0.2) is 0 Å². The molecule has 2 heteroatoms. The zero-order chi connectivity index (χ0) is 9.36. The maximum absolute atomic E-state index is 5.52. The molecule has 0 atom stereocenters. The Labute approximate surface area is 84.1 Å². The number of hydrogen-bond acceptors (Lipinski definition) is 1. The summed E-state index contributed by atoms with van der Waals surface area (Å²) in [5.41, 5.74) is 1.17. The van der Waals surface area contributed by atoms with Crippen molar-refractivity contribution in [1.29, 1.82) is 0 Å². The first-order valence-electron chi connectivity index (χ1n) is 4.34. The molecule has 13 heavy (non-hydrogen) atoms. The van der Waals surface area contributed by atoms with E-state index in [-0.39, 0.29) is 0 Å². The summed E-state index contributed by atoms with van der Waals surface area (Å²) in [5, 5.41) is 0. The van der Waals surface area contributed by atoms with Crippen LogP contribution in [0.3, 0.4) is 0 Å². The van der Waals surface area contributed by atoms with Crippen molar-refractivity contribution >= 4 is 11.6 Å². The fraction of sp³-hybridized carbons (Fsp3) is 0.364. The van der Waals surface area contributed by atoms with Crippen LogP contribution in [0.5, 0.6) is 0 Å². The van der Waals surface area contributed by atoms with Gasteiger partial charge < -0.3 is 0 Å². The molecule has 0 spiro atoms. The third kappa shape index (κ3) is 4.55. The van der Waals surface area contributed by atoms with Gasteiger partial charge in [0.1, 0.15) is 0 Å². The van der Waals surface area contributed by atoms with Crippen LogP contribution in [0.15, 0.2) is 24.5 Å². The normalized spacial score (nSPS) is 9.00. The lowest BCUT2D eigenvalue weighted by Gasteiger charge is -1.90. The molecule has 1 heterocycles. The van der Waals surface area contributed by atoms with E-state index in [0.29, 0.717) is 5.88 Å². The van der Waals surface area contributed by atoms with Crippen LogP contribution in [0, 0.1) is 11.8 Å². The molecule has 0 amide bonds. The lowest BCUT2D eigenvalue weighted by atomic mass is 10.2. The zero-order valence-corrected chi connectivity index (χ0v) is 8.22. The number of nitrogens with zero attached hydrogens (tertiary/aromatic N) is 1. The fourth-order valence-corrected chi connectivity index (χ4v) is 1.04. The summed E-state index contributed by atoms with van der Waals surface area (Å²) < 4.78 is 0. The van der Waals surface area contributed by atoms with Gasteiger partial charge in [-0.3, -0.25) is 4.98 Å². The smallest absolute Gasteiger partial charge is 0.0355 e. The van der Waals surface area contributed by atoms with Crippen LogP contribution < -0.4 is 0 Å². The average Bonchev–Trinajstić information content (AvgIpc) is 2.19. The monoisotopic (exact) mass is 193 g/mol. The number of hydrogen-bond donors (Lipinski definition) is 0. The summed E-state index contributed by atoms with van der Waals surface area (Å²) >= 11 is 5.52. The summed E-state index contributed by atoms with van der Waals surface area (Å²) in [7, 11) is 0. The lowest BCUT2D eigenvalue weighted by molar-refractivity contribution is 0.989. The molecule has 1 aromatic heterocycles. The maximum Gasteiger partial charge on any atom is 0.0355 e. The van der Waals surface area contributed by atoms with Crippen molar-refractivity contribution in [3.8, 4) is 11.8 Å². The number of aromatic nitrogens is 1. The summed E-state index contributed by atoms with van der Waals surface area (Å²) in [6.45, 7) is 0. The van der Waals surface area contributed by atoms with Gasteiger partial charge in [0.05, 0.1) is 0 Å². The minimum absolute atomic E-state index is 0.696. The van der Waals surface area contributed by atoms with E-state index in [2.05, 4.69) is 16.8 Å². The highest BCUT2D eigenvalue weighted by atomic mass is 35.5. The first-order chi connectivity index (χ1) is 6.43. The Morgan fingerprint density at radius 3 is 3.00 bits per heavy atom. The van der Waals surface area contributed by atoms with E-state index >= 15 is 0 Å². The molecule has 1 aromatic rings. The predicted molar refractivity (Wildman–Crippen MR) is 55.7 cm³/mol. The van der Waals surface area contributed by atoms with Gasteiger partial charge in [-0.15, -0.1) is 17.5 Å². The highest BCUT2D eigenvalue weighted by Crippen LogP contribution is 1.95. The molecular formula is C11H12ClN. The second kappa shape index (κ2) is 6.51. The van der Waals surface area contributed by atoms with E-state index < -0.39 is 0 Å². The highest BCUT2D eigenvalue weighted by Gasteiger charge is 1.85. The molecular weight excluding hydrogens is 182 g/mol. The Morgan fingerprint density at radius 1 is 1.38 bits per heavy atom. The largest absolute Gasteiger partial charge is 0.264 e. The fourth-order valence-electron chi connectivity index (χ4n) is 0.911. The molecule has 0 aliphatic heterocycles. The van der Waals surface area contributed by atoms with E-state index in [0.717, 1.165) is 19.3 Å². The molecule has 68 valence electrons. The van der Waals surface area contributed by atoms with E-state index in [1.807, 2.05) is 18.3 Å². The van der Waals surface area contributed by atoms with Crippen molar-refractivity contribution in [2.45, 2.75) is 19.3 Å². The third-order valence-corrected chi connectivity index (χ3v) is 1.84. The molecule has 0 fully saturated rings. The van der Waals surface area contributed by atoms with Gasteiger partial charge >= 0.3 is 0 Å². The first kappa shape index (κ1) is 10.1. The number of rotatable bonds is 3. The van der Waals surface area contributed by atoms with Gasteiger partial charge in [0, 0.05) is 31.1 Å². The molecule has 1 nitrogen and oxygen atoms in total. The SMILES string of the molecule is ClCCCC#CCc1cccnc1. The van der Waals surface area contributed by atoms with Crippen molar-refractivity contribution in [2.75, 3.05) is 5.88 Å². The van der Waals surface area contributed by atoms with Crippen LogP contribution in [0.4, 0.5) is 0 Å². The van der Waals surface area contributed by atoms with Crippen LogP contribution in [0.25, 0.3) is 0 Å². The molecule has 0 aromatic carbocycles. The standard InChI is InChI=1S/C11H12ClN/c12-8-4-2-1-3-6-11-7-5-9-13-10-11/h5,7,9-10H,2,4,6,8H2. The molecule has 0 aliphatic carbocycles. The van der Waals surface area contributed by atoms with E-state index in [1.54, 1.807) is 6.20 Å². The summed E-state index contributed by atoms with van der Waals surface area (Å²) in [4.78, 5) is 4.01. The summed E-state index contributed by atoms with van der Waals surface area (Å²) in [6, 6.07) is 3.96. The van der Waals surface area contributed by atoms with Crippen molar-refractivity contribution in [1.82, 2.24) is 4.98 Å². The second-order valence-corrected chi connectivity index (χ2v) is 3.06.